The molecule has 0 radical (unpaired) electrons. The minimum Gasteiger partial charge on any atom is -0.370 e. The first-order valence-electron chi connectivity index (χ1n) is 9.16. The predicted octanol–water partition coefficient (Wildman–Crippen LogP) is 3.49. The zero-order valence-corrected chi connectivity index (χ0v) is 15.8. The molecule has 0 unspecified atom stereocenters. The van der Waals surface area contributed by atoms with Gasteiger partial charge in [-0.25, -0.2) is 9.97 Å². The summed E-state index contributed by atoms with van der Waals surface area (Å²) in [6.07, 6.45) is 1.66. The average molecular weight is 339 g/mol. The van der Waals surface area contributed by atoms with E-state index < -0.39 is 0 Å². The second-order valence-electron chi connectivity index (χ2n) is 7.23. The molecule has 0 bridgehead atoms. The topological polar surface area (TPSA) is 44.3 Å². The lowest BCUT2D eigenvalue weighted by Gasteiger charge is -2.37. The van der Waals surface area contributed by atoms with Crippen LogP contribution in [0, 0.1) is 19.8 Å². The monoisotopic (exact) mass is 339 g/mol. The molecule has 134 valence electrons. The van der Waals surface area contributed by atoms with Crippen LogP contribution in [-0.2, 0) is 0 Å². The molecule has 1 N–H and O–H groups in total. The Labute approximate surface area is 151 Å². The third-order valence-electron chi connectivity index (χ3n) is 4.86. The Bertz CT molecular complexity index is 705. The molecule has 1 aliphatic rings. The number of nitrogens with one attached hydrogen (secondary N) is 1. The zero-order chi connectivity index (χ0) is 17.8. The number of hydrogen-bond donors (Lipinski definition) is 1. The van der Waals surface area contributed by atoms with E-state index in [1.54, 1.807) is 6.33 Å². The molecule has 1 fully saturated rings. The summed E-state index contributed by atoms with van der Waals surface area (Å²) in [4.78, 5) is 13.6. The smallest absolute Gasteiger partial charge is 0.134 e. The summed E-state index contributed by atoms with van der Waals surface area (Å²) in [5, 5.41) is 3.38. The maximum absolute atomic E-state index is 4.48. The molecule has 0 saturated carbocycles. The summed E-state index contributed by atoms with van der Waals surface area (Å²) in [6.45, 7) is 13.7. The summed E-state index contributed by atoms with van der Waals surface area (Å²) in [7, 11) is 0. The fourth-order valence-electron chi connectivity index (χ4n) is 3.18. The highest BCUT2D eigenvalue weighted by atomic mass is 15.3. The molecule has 2 aromatic rings. The minimum absolute atomic E-state index is 0.597. The van der Waals surface area contributed by atoms with E-state index in [1.807, 2.05) is 0 Å². The number of aryl methyl sites for hydroxylation is 1. The fourth-order valence-corrected chi connectivity index (χ4v) is 3.18. The zero-order valence-electron chi connectivity index (χ0n) is 15.8. The van der Waals surface area contributed by atoms with E-state index in [4.69, 9.17) is 0 Å². The predicted molar refractivity (Wildman–Crippen MR) is 106 cm³/mol. The number of hydrogen-bond acceptors (Lipinski definition) is 5. The van der Waals surface area contributed by atoms with Gasteiger partial charge in [0.2, 0.25) is 0 Å². The first kappa shape index (κ1) is 17.5. The Morgan fingerprint density at radius 2 is 1.76 bits per heavy atom. The highest BCUT2D eigenvalue weighted by Gasteiger charge is 2.20. The van der Waals surface area contributed by atoms with Gasteiger partial charge in [0.25, 0.3) is 0 Å². The largest absolute Gasteiger partial charge is 0.370 e. The first-order valence-corrected chi connectivity index (χ1v) is 9.16. The van der Waals surface area contributed by atoms with Crippen LogP contribution in [0.15, 0.2) is 30.6 Å². The summed E-state index contributed by atoms with van der Waals surface area (Å²) >= 11 is 0. The van der Waals surface area contributed by atoms with Gasteiger partial charge in [-0.05, 0) is 37.0 Å². The van der Waals surface area contributed by atoms with Crippen LogP contribution < -0.4 is 15.1 Å². The van der Waals surface area contributed by atoms with Crippen molar-refractivity contribution in [3.05, 3.63) is 41.7 Å². The van der Waals surface area contributed by atoms with E-state index in [0.29, 0.717) is 5.92 Å². The molecular formula is C20H29N5. The number of nitrogens with zero attached hydrogens (tertiary/aromatic N) is 4. The SMILES string of the molecule is Cc1cccc(N2CCN(c3cc(NCC(C)C)ncn3)CC2)c1C. The van der Waals surface area contributed by atoms with Crippen molar-refractivity contribution in [2.45, 2.75) is 27.7 Å². The van der Waals surface area contributed by atoms with Crippen molar-refractivity contribution in [2.24, 2.45) is 5.92 Å². The molecule has 5 nitrogen and oxygen atoms in total. The standard InChI is InChI=1S/C20H29N5/c1-15(2)13-21-19-12-20(23-14-22-19)25-10-8-24(9-11-25)18-7-5-6-16(3)17(18)4/h5-7,12,14-15H,8-11,13H2,1-4H3,(H,21,22,23). The third-order valence-corrected chi connectivity index (χ3v) is 4.86. The summed E-state index contributed by atoms with van der Waals surface area (Å²) in [6, 6.07) is 8.63. The van der Waals surface area contributed by atoms with E-state index in [-0.39, 0.29) is 0 Å². The Kier molecular flexibility index (Phi) is 5.41. The molecule has 5 heteroatoms. The Hall–Kier alpha value is -2.30. The molecule has 0 spiro atoms. The maximum Gasteiger partial charge on any atom is 0.134 e. The van der Waals surface area contributed by atoms with Crippen LogP contribution in [0.25, 0.3) is 0 Å². The minimum atomic E-state index is 0.597. The number of rotatable bonds is 5. The first-order chi connectivity index (χ1) is 12.0. The van der Waals surface area contributed by atoms with Crippen LogP contribution in [0.3, 0.4) is 0 Å². The summed E-state index contributed by atoms with van der Waals surface area (Å²) in [5.74, 6) is 2.53. The normalized spacial score (nSPS) is 14.9. The fraction of sp³-hybridized carbons (Fsp3) is 0.500. The Balaban J connectivity index is 1.64. The highest BCUT2D eigenvalue weighted by molar-refractivity contribution is 5.57. The van der Waals surface area contributed by atoms with Crippen LogP contribution >= 0.6 is 0 Å². The van der Waals surface area contributed by atoms with Gasteiger partial charge in [-0.1, -0.05) is 26.0 Å². The van der Waals surface area contributed by atoms with Gasteiger partial charge in [-0.3, -0.25) is 0 Å². The number of benzene rings is 1. The second-order valence-corrected chi connectivity index (χ2v) is 7.23. The lowest BCUT2D eigenvalue weighted by atomic mass is 10.1. The van der Waals surface area contributed by atoms with Crippen molar-refractivity contribution < 1.29 is 0 Å². The quantitative estimate of drug-likeness (QED) is 0.903. The van der Waals surface area contributed by atoms with Crippen LogP contribution in [0.1, 0.15) is 25.0 Å². The lowest BCUT2D eigenvalue weighted by molar-refractivity contribution is 0.645. The van der Waals surface area contributed by atoms with Crippen molar-refractivity contribution >= 4 is 17.3 Å². The Morgan fingerprint density at radius 3 is 2.48 bits per heavy atom. The molecule has 0 aliphatic carbocycles. The van der Waals surface area contributed by atoms with E-state index in [2.05, 4.69) is 77.0 Å². The van der Waals surface area contributed by atoms with Crippen LogP contribution in [-0.4, -0.2) is 42.7 Å². The molecule has 2 heterocycles. The van der Waals surface area contributed by atoms with Gasteiger partial charge in [-0.2, -0.15) is 0 Å². The van der Waals surface area contributed by atoms with E-state index >= 15 is 0 Å². The molecule has 1 aliphatic heterocycles. The molecule has 0 amide bonds. The van der Waals surface area contributed by atoms with Gasteiger partial charge >= 0.3 is 0 Å². The summed E-state index contributed by atoms with van der Waals surface area (Å²) < 4.78 is 0. The van der Waals surface area contributed by atoms with E-state index in [1.165, 1.54) is 16.8 Å². The lowest BCUT2D eigenvalue weighted by Crippen LogP contribution is -2.47. The van der Waals surface area contributed by atoms with Gasteiger partial charge < -0.3 is 15.1 Å². The maximum atomic E-state index is 4.48. The average Bonchev–Trinajstić information content (AvgIpc) is 2.63. The molecule has 3 rings (SSSR count). The van der Waals surface area contributed by atoms with Gasteiger partial charge in [0, 0.05) is 44.5 Å². The van der Waals surface area contributed by atoms with Gasteiger partial charge in [0.1, 0.15) is 18.0 Å². The van der Waals surface area contributed by atoms with Crippen molar-refractivity contribution in [3.8, 4) is 0 Å². The molecule has 1 aromatic carbocycles. The molecule has 1 saturated heterocycles. The number of anilines is 3. The molecule has 0 atom stereocenters. The van der Waals surface area contributed by atoms with Crippen LogP contribution in [0.5, 0.6) is 0 Å². The molecule has 25 heavy (non-hydrogen) atoms. The Morgan fingerprint density at radius 1 is 1.04 bits per heavy atom. The van der Waals surface area contributed by atoms with Crippen molar-refractivity contribution in [1.82, 2.24) is 9.97 Å². The summed E-state index contributed by atoms with van der Waals surface area (Å²) in [5.41, 5.74) is 4.11. The second kappa shape index (κ2) is 7.72. The third kappa shape index (κ3) is 4.21. The number of piperazine rings is 1. The van der Waals surface area contributed by atoms with Gasteiger partial charge in [0.15, 0.2) is 0 Å². The van der Waals surface area contributed by atoms with Crippen molar-refractivity contribution in [3.63, 3.8) is 0 Å². The molecular weight excluding hydrogens is 310 g/mol. The number of aromatic nitrogens is 2. The van der Waals surface area contributed by atoms with Gasteiger partial charge in [-0.15, -0.1) is 0 Å². The van der Waals surface area contributed by atoms with Crippen molar-refractivity contribution in [1.29, 1.82) is 0 Å². The van der Waals surface area contributed by atoms with E-state index in [0.717, 1.165) is 44.4 Å². The molecule has 1 aromatic heterocycles. The van der Waals surface area contributed by atoms with E-state index in [9.17, 15) is 0 Å². The van der Waals surface area contributed by atoms with Crippen LogP contribution in [0.4, 0.5) is 17.3 Å². The highest BCUT2D eigenvalue weighted by Crippen LogP contribution is 2.25. The van der Waals surface area contributed by atoms with Crippen molar-refractivity contribution in [2.75, 3.05) is 47.8 Å². The van der Waals surface area contributed by atoms with Gasteiger partial charge in [0.05, 0.1) is 0 Å². The van der Waals surface area contributed by atoms with Crippen LogP contribution in [0.2, 0.25) is 0 Å².